The third kappa shape index (κ3) is 6.61. The average Bonchev–Trinajstić information content (AvgIpc) is 2.88. The highest BCUT2D eigenvalue weighted by molar-refractivity contribution is 6.05. The number of nitrogens with one attached hydrogen (secondary N) is 1. The zero-order valence-electron chi connectivity index (χ0n) is 21.5. The summed E-state index contributed by atoms with van der Waals surface area (Å²) >= 11 is 0. The van der Waals surface area contributed by atoms with Gasteiger partial charge < -0.3 is 29.3 Å². The van der Waals surface area contributed by atoms with Gasteiger partial charge in [-0.15, -0.1) is 0 Å². The van der Waals surface area contributed by atoms with Gasteiger partial charge >= 0.3 is 0 Å². The number of amides is 3. The van der Waals surface area contributed by atoms with Crippen LogP contribution in [0.4, 0.5) is 5.69 Å². The van der Waals surface area contributed by atoms with E-state index in [1.54, 1.807) is 66.4 Å². The summed E-state index contributed by atoms with van der Waals surface area (Å²) < 4.78 is 16.9. The second-order valence-corrected chi connectivity index (χ2v) is 9.11. The molecule has 0 saturated carbocycles. The summed E-state index contributed by atoms with van der Waals surface area (Å²) in [5.41, 5.74) is 1.37. The highest BCUT2D eigenvalue weighted by atomic mass is 16.5. The number of benzene rings is 2. The zero-order chi connectivity index (χ0) is 26.2. The Morgan fingerprint density at radius 1 is 1.08 bits per heavy atom. The van der Waals surface area contributed by atoms with Crippen molar-refractivity contribution < 1.29 is 28.6 Å². The first kappa shape index (κ1) is 27.2. The maximum atomic E-state index is 13.3. The molecule has 9 nitrogen and oxygen atoms in total. The van der Waals surface area contributed by atoms with Crippen LogP contribution in [-0.2, 0) is 14.3 Å². The van der Waals surface area contributed by atoms with Gasteiger partial charge in [0.2, 0.25) is 5.91 Å². The van der Waals surface area contributed by atoms with E-state index >= 15 is 0 Å². The summed E-state index contributed by atoms with van der Waals surface area (Å²) in [5.74, 6) is -0.357. The van der Waals surface area contributed by atoms with Crippen molar-refractivity contribution in [3.05, 3.63) is 59.7 Å². The van der Waals surface area contributed by atoms with Crippen molar-refractivity contribution in [2.75, 3.05) is 52.9 Å². The van der Waals surface area contributed by atoms with E-state index in [1.165, 1.54) is 7.11 Å². The van der Waals surface area contributed by atoms with E-state index in [-0.39, 0.29) is 49.0 Å². The summed E-state index contributed by atoms with van der Waals surface area (Å²) in [6.07, 6.45) is -0.280. The molecule has 1 N–H and O–H groups in total. The second-order valence-electron chi connectivity index (χ2n) is 9.11. The number of hydrogen-bond donors (Lipinski definition) is 1. The molecule has 3 atom stereocenters. The van der Waals surface area contributed by atoms with Crippen LogP contribution in [0.15, 0.2) is 48.5 Å². The molecule has 0 unspecified atom stereocenters. The fourth-order valence-corrected chi connectivity index (χ4v) is 4.20. The minimum absolute atomic E-state index is 0.0389. The van der Waals surface area contributed by atoms with Crippen molar-refractivity contribution in [2.24, 2.45) is 5.92 Å². The highest BCUT2D eigenvalue weighted by Crippen LogP contribution is 2.27. The molecule has 0 spiro atoms. The van der Waals surface area contributed by atoms with Gasteiger partial charge in [0.05, 0.1) is 17.7 Å². The Morgan fingerprint density at radius 3 is 2.47 bits per heavy atom. The molecule has 0 aliphatic carbocycles. The Bertz CT molecular complexity index is 1060. The molecule has 9 heteroatoms. The third-order valence-corrected chi connectivity index (χ3v) is 6.33. The van der Waals surface area contributed by atoms with E-state index in [0.717, 1.165) is 0 Å². The lowest BCUT2D eigenvalue weighted by atomic mass is 10.0. The van der Waals surface area contributed by atoms with Crippen LogP contribution < -0.4 is 10.1 Å². The number of methoxy groups -OCH3 is 2. The molecule has 36 heavy (non-hydrogen) atoms. The van der Waals surface area contributed by atoms with Gasteiger partial charge in [-0.3, -0.25) is 14.4 Å². The van der Waals surface area contributed by atoms with Crippen LogP contribution in [0.25, 0.3) is 0 Å². The summed E-state index contributed by atoms with van der Waals surface area (Å²) in [6.45, 7) is 4.76. The van der Waals surface area contributed by atoms with Crippen molar-refractivity contribution in [1.82, 2.24) is 9.80 Å². The number of rotatable bonds is 5. The Labute approximate surface area is 212 Å². The van der Waals surface area contributed by atoms with Gasteiger partial charge in [0.15, 0.2) is 0 Å². The molecule has 2 aromatic carbocycles. The predicted octanol–water partition coefficient (Wildman–Crippen LogP) is 2.92. The number of carbonyl (C=O) groups excluding carboxylic acids is 3. The van der Waals surface area contributed by atoms with Crippen LogP contribution in [0.1, 0.15) is 34.6 Å². The molecule has 0 saturated heterocycles. The molecule has 3 rings (SSSR count). The van der Waals surface area contributed by atoms with E-state index in [9.17, 15) is 14.4 Å². The van der Waals surface area contributed by atoms with E-state index in [4.69, 9.17) is 14.2 Å². The van der Waals surface area contributed by atoms with Crippen molar-refractivity contribution in [3.8, 4) is 5.75 Å². The number of anilines is 1. The quantitative estimate of drug-likeness (QED) is 0.682. The minimum Gasteiger partial charge on any atom is -0.491 e. The SMILES string of the molecule is COCC(=O)N1C[C@H](C)[C@@H](OC)CN(C)C(=O)c2ccc(NC(=O)c3ccccc3)cc2OC[C@@H]1C. The molecule has 3 amide bonds. The Morgan fingerprint density at radius 2 is 1.81 bits per heavy atom. The van der Waals surface area contributed by atoms with Crippen molar-refractivity contribution in [2.45, 2.75) is 26.0 Å². The van der Waals surface area contributed by atoms with Gasteiger partial charge in [-0.25, -0.2) is 0 Å². The van der Waals surface area contributed by atoms with Crippen LogP contribution in [0, 0.1) is 5.92 Å². The van der Waals surface area contributed by atoms with Gasteiger partial charge in [0.1, 0.15) is 19.0 Å². The molecule has 2 aromatic rings. The van der Waals surface area contributed by atoms with Crippen LogP contribution in [0.2, 0.25) is 0 Å². The number of hydrogen-bond acceptors (Lipinski definition) is 6. The van der Waals surface area contributed by atoms with Crippen LogP contribution >= 0.6 is 0 Å². The molecule has 1 aliphatic heterocycles. The Kier molecular flexibility index (Phi) is 9.44. The van der Waals surface area contributed by atoms with Gasteiger partial charge in [0.25, 0.3) is 11.8 Å². The molecule has 1 aliphatic rings. The zero-order valence-corrected chi connectivity index (χ0v) is 21.5. The van der Waals surface area contributed by atoms with E-state index in [1.807, 2.05) is 19.9 Å². The smallest absolute Gasteiger partial charge is 0.257 e. The molecule has 194 valence electrons. The fraction of sp³-hybridized carbons (Fsp3) is 0.444. The number of ether oxygens (including phenoxy) is 3. The average molecular weight is 498 g/mol. The summed E-state index contributed by atoms with van der Waals surface area (Å²) in [6, 6.07) is 13.5. The van der Waals surface area contributed by atoms with E-state index in [0.29, 0.717) is 35.7 Å². The van der Waals surface area contributed by atoms with Crippen LogP contribution in [0.5, 0.6) is 5.75 Å². The third-order valence-electron chi connectivity index (χ3n) is 6.33. The predicted molar refractivity (Wildman–Crippen MR) is 136 cm³/mol. The van der Waals surface area contributed by atoms with Gasteiger partial charge in [-0.2, -0.15) is 0 Å². The van der Waals surface area contributed by atoms with Gasteiger partial charge in [0, 0.05) is 57.6 Å². The van der Waals surface area contributed by atoms with E-state index < -0.39 is 0 Å². The summed E-state index contributed by atoms with van der Waals surface area (Å²) in [7, 11) is 4.80. The van der Waals surface area contributed by atoms with Crippen LogP contribution in [0.3, 0.4) is 0 Å². The molecule has 0 bridgehead atoms. The molecular formula is C27H35N3O6. The highest BCUT2D eigenvalue weighted by Gasteiger charge is 2.30. The second kappa shape index (κ2) is 12.5. The maximum absolute atomic E-state index is 13.3. The molecular weight excluding hydrogens is 462 g/mol. The van der Waals surface area contributed by atoms with Crippen molar-refractivity contribution in [3.63, 3.8) is 0 Å². The van der Waals surface area contributed by atoms with Crippen molar-refractivity contribution in [1.29, 1.82) is 0 Å². The normalized spacial score (nSPS) is 21.0. The Balaban J connectivity index is 1.94. The van der Waals surface area contributed by atoms with Crippen molar-refractivity contribution >= 4 is 23.4 Å². The monoisotopic (exact) mass is 497 g/mol. The lowest BCUT2D eigenvalue weighted by molar-refractivity contribution is -0.139. The summed E-state index contributed by atoms with van der Waals surface area (Å²) in [4.78, 5) is 42.1. The summed E-state index contributed by atoms with van der Waals surface area (Å²) in [5, 5.41) is 2.85. The Hall–Kier alpha value is -3.43. The topological polar surface area (TPSA) is 97.4 Å². The molecule has 0 radical (unpaired) electrons. The first-order valence-corrected chi connectivity index (χ1v) is 11.9. The molecule has 1 heterocycles. The molecule has 0 fully saturated rings. The van der Waals surface area contributed by atoms with Gasteiger partial charge in [-0.05, 0) is 31.2 Å². The first-order chi connectivity index (χ1) is 17.2. The van der Waals surface area contributed by atoms with E-state index in [2.05, 4.69) is 5.32 Å². The lowest BCUT2D eigenvalue weighted by Gasteiger charge is -2.36. The largest absolute Gasteiger partial charge is 0.491 e. The number of nitrogens with zero attached hydrogens (tertiary/aromatic N) is 2. The molecule has 0 aromatic heterocycles. The number of likely N-dealkylation sites (N-methyl/N-ethyl adjacent to an activating group) is 1. The van der Waals surface area contributed by atoms with Crippen LogP contribution in [-0.4, -0.2) is 87.2 Å². The number of fused-ring (bicyclic) bond motifs is 1. The first-order valence-electron chi connectivity index (χ1n) is 11.9. The fourth-order valence-electron chi connectivity index (χ4n) is 4.20. The number of carbonyl (C=O) groups is 3. The maximum Gasteiger partial charge on any atom is 0.257 e. The lowest BCUT2D eigenvalue weighted by Crippen LogP contribution is -2.49. The minimum atomic E-state index is -0.296. The van der Waals surface area contributed by atoms with Gasteiger partial charge in [-0.1, -0.05) is 25.1 Å². The standard InChI is InChI=1S/C27H35N3O6/c1-18-14-30(25(31)17-34-4)19(2)16-36-23-13-21(28-26(32)20-9-7-6-8-10-20)11-12-22(23)27(33)29(3)15-24(18)35-5/h6-13,18-19,24H,14-17H2,1-5H3,(H,28,32)/t18-,19-,24-/m0/s1.